The topological polar surface area (TPSA) is 52.7 Å². The van der Waals surface area contributed by atoms with Crippen LogP contribution in [0.2, 0.25) is 0 Å². The lowest BCUT2D eigenvalue weighted by Gasteiger charge is -2.28. The maximum atomic E-state index is 12.4. The minimum Gasteiger partial charge on any atom is -0.344 e. The minimum atomic E-state index is -0.0936. The van der Waals surface area contributed by atoms with Crippen molar-refractivity contribution in [3.8, 4) is 0 Å². The number of benzene rings is 1. The normalized spacial score (nSPS) is 15.1. The number of rotatable bonds is 7. The average molecular weight is 360 g/mol. The molecule has 1 saturated carbocycles. The molecule has 0 bridgehead atoms. The molecule has 1 aromatic rings. The van der Waals surface area contributed by atoms with Gasteiger partial charge in [-0.25, -0.2) is 0 Å². The van der Waals surface area contributed by atoms with Crippen molar-refractivity contribution in [2.75, 3.05) is 39.0 Å². The highest BCUT2D eigenvalue weighted by Gasteiger charge is 2.19. The third-order valence-electron chi connectivity index (χ3n) is 5.38. The smallest absolute Gasteiger partial charge is 0.238 e. The fraction of sp³-hybridized carbons (Fsp3) is 0.619. The summed E-state index contributed by atoms with van der Waals surface area (Å²) < 4.78 is 0. The Morgan fingerprint density at radius 2 is 1.77 bits per heavy atom. The third-order valence-corrected chi connectivity index (χ3v) is 5.38. The van der Waals surface area contributed by atoms with E-state index in [1.54, 1.807) is 4.90 Å². The third kappa shape index (κ3) is 6.13. The Bertz CT molecular complexity index is 624. The van der Waals surface area contributed by atoms with Gasteiger partial charge in [0.1, 0.15) is 0 Å². The first-order valence-corrected chi connectivity index (χ1v) is 9.65. The largest absolute Gasteiger partial charge is 0.344 e. The molecule has 0 spiro atoms. The Morgan fingerprint density at radius 3 is 2.46 bits per heavy atom. The summed E-state index contributed by atoms with van der Waals surface area (Å²) in [6, 6.07) is 5.87. The van der Waals surface area contributed by atoms with E-state index in [1.165, 1.54) is 32.1 Å². The second kappa shape index (κ2) is 9.72. The lowest BCUT2D eigenvalue weighted by Crippen LogP contribution is -2.41. The summed E-state index contributed by atoms with van der Waals surface area (Å²) >= 11 is 0. The van der Waals surface area contributed by atoms with Gasteiger partial charge in [0.15, 0.2) is 0 Å². The Hall–Kier alpha value is -1.88. The lowest BCUT2D eigenvalue weighted by molar-refractivity contribution is -0.131. The number of nitrogens with one attached hydrogen (secondary N) is 1. The summed E-state index contributed by atoms with van der Waals surface area (Å²) in [6.45, 7) is 5.33. The molecule has 26 heavy (non-hydrogen) atoms. The average Bonchev–Trinajstić information content (AvgIpc) is 2.59. The van der Waals surface area contributed by atoms with E-state index in [0.29, 0.717) is 5.92 Å². The predicted molar refractivity (Wildman–Crippen MR) is 106 cm³/mol. The summed E-state index contributed by atoms with van der Waals surface area (Å²) in [5.74, 6) is 0.622. The van der Waals surface area contributed by atoms with E-state index in [0.717, 1.165) is 23.4 Å². The molecule has 1 aliphatic carbocycles. The van der Waals surface area contributed by atoms with Crippen molar-refractivity contribution in [3.63, 3.8) is 0 Å². The molecule has 1 aliphatic rings. The zero-order chi connectivity index (χ0) is 19.1. The van der Waals surface area contributed by atoms with Gasteiger partial charge in [0.2, 0.25) is 11.8 Å². The molecule has 0 aromatic heterocycles. The zero-order valence-corrected chi connectivity index (χ0v) is 16.7. The summed E-state index contributed by atoms with van der Waals surface area (Å²) in [5, 5.41) is 2.94. The Morgan fingerprint density at radius 1 is 1.08 bits per heavy atom. The highest BCUT2D eigenvalue weighted by molar-refractivity contribution is 5.93. The maximum absolute atomic E-state index is 12.4. The van der Waals surface area contributed by atoms with Crippen LogP contribution in [0.1, 0.15) is 43.2 Å². The van der Waals surface area contributed by atoms with Crippen LogP contribution in [-0.4, -0.2) is 55.3 Å². The van der Waals surface area contributed by atoms with E-state index in [4.69, 9.17) is 0 Å². The van der Waals surface area contributed by atoms with Gasteiger partial charge in [-0.1, -0.05) is 31.4 Å². The van der Waals surface area contributed by atoms with Crippen molar-refractivity contribution in [2.45, 2.75) is 46.0 Å². The van der Waals surface area contributed by atoms with Crippen molar-refractivity contribution in [1.82, 2.24) is 9.80 Å². The molecule has 0 atom stereocenters. The second-order valence-electron chi connectivity index (χ2n) is 7.75. The summed E-state index contributed by atoms with van der Waals surface area (Å²) in [5.41, 5.74) is 3.06. The number of nitrogens with zero attached hydrogens (tertiary/aromatic N) is 2. The number of carbonyl (C=O) groups excluding carboxylic acids is 2. The molecule has 0 unspecified atom stereocenters. The number of hydrogen-bond acceptors (Lipinski definition) is 3. The zero-order valence-electron chi connectivity index (χ0n) is 16.7. The van der Waals surface area contributed by atoms with Crippen molar-refractivity contribution in [1.29, 1.82) is 0 Å². The van der Waals surface area contributed by atoms with Crippen molar-refractivity contribution in [3.05, 3.63) is 29.3 Å². The SMILES string of the molecule is Cc1cccc(NC(=O)CN(C)CC(=O)N(C)CC2CCCCC2)c1C. The van der Waals surface area contributed by atoms with E-state index in [1.807, 2.05) is 51.0 Å². The molecule has 1 N–H and O–H groups in total. The molecule has 5 nitrogen and oxygen atoms in total. The predicted octanol–water partition coefficient (Wildman–Crippen LogP) is 3.21. The quantitative estimate of drug-likeness (QED) is 0.813. The van der Waals surface area contributed by atoms with E-state index in [-0.39, 0.29) is 24.9 Å². The molecule has 2 amide bonds. The first-order valence-electron chi connectivity index (χ1n) is 9.65. The number of carbonyl (C=O) groups is 2. The number of aryl methyl sites for hydroxylation is 1. The molecule has 0 heterocycles. The Balaban J connectivity index is 1.77. The highest BCUT2D eigenvalue weighted by Crippen LogP contribution is 2.24. The summed E-state index contributed by atoms with van der Waals surface area (Å²) in [7, 11) is 3.69. The number of likely N-dealkylation sites (N-methyl/N-ethyl adjacent to an activating group) is 2. The highest BCUT2D eigenvalue weighted by atomic mass is 16.2. The van der Waals surface area contributed by atoms with Crippen LogP contribution in [0.4, 0.5) is 5.69 Å². The van der Waals surface area contributed by atoms with Gasteiger partial charge < -0.3 is 10.2 Å². The molecule has 1 aromatic carbocycles. The monoisotopic (exact) mass is 359 g/mol. The van der Waals surface area contributed by atoms with Gasteiger partial charge in [-0.15, -0.1) is 0 Å². The van der Waals surface area contributed by atoms with Crippen LogP contribution in [-0.2, 0) is 9.59 Å². The van der Waals surface area contributed by atoms with E-state index < -0.39 is 0 Å². The van der Waals surface area contributed by atoms with Crippen LogP contribution in [0.25, 0.3) is 0 Å². The molecule has 0 aliphatic heterocycles. The van der Waals surface area contributed by atoms with Gasteiger partial charge in [0, 0.05) is 19.3 Å². The van der Waals surface area contributed by atoms with Gasteiger partial charge in [-0.05, 0) is 56.8 Å². The Kier molecular flexibility index (Phi) is 7.64. The van der Waals surface area contributed by atoms with Crippen molar-refractivity contribution in [2.24, 2.45) is 5.92 Å². The molecular weight excluding hydrogens is 326 g/mol. The van der Waals surface area contributed by atoms with Crippen LogP contribution in [0.5, 0.6) is 0 Å². The van der Waals surface area contributed by atoms with E-state index in [2.05, 4.69) is 5.32 Å². The fourth-order valence-corrected chi connectivity index (χ4v) is 3.59. The van der Waals surface area contributed by atoms with E-state index >= 15 is 0 Å². The van der Waals surface area contributed by atoms with Crippen LogP contribution in [0.15, 0.2) is 18.2 Å². The first-order chi connectivity index (χ1) is 12.4. The van der Waals surface area contributed by atoms with Gasteiger partial charge in [-0.3, -0.25) is 14.5 Å². The van der Waals surface area contributed by atoms with Gasteiger partial charge >= 0.3 is 0 Å². The fourth-order valence-electron chi connectivity index (χ4n) is 3.59. The van der Waals surface area contributed by atoms with E-state index in [9.17, 15) is 9.59 Å². The summed E-state index contributed by atoms with van der Waals surface area (Å²) in [4.78, 5) is 28.3. The maximum Gasteiger partial charge on any atom is 0.238 e. The number of hydrogen-bond donors (Lipinski definition) is 1. The minimum absolute atomic E-state index is 0.0811. The van der Waals surface area contributed by atoms with Gasteiger partial charge in [0.25, 0.3) is 0 Å². The van der Waals surface area contributed by atoms with Crippen molar-refractivity contribution < 1.29 is 9.59 Å². The van der Waals surface area contributed by atoms with Crippen LogP contribution in [0.3, 0.4) is 0 Å². The molecule has 0 saturated heterocycles. The van der Waals surface area contributed by atoms with Crippen LogP contribution >= 0.6 is 0 Å². The second-order valence-corrected chi connectivity index (χ2v) is 7.75. The van der Waals surface area contributed by atoms with Crippen LogP contribution < -0.4 is 5.32 Å². The molecule has 2 rings (SSSR count). The number of amides is 2. The Labute approximate surface area is 157 Å². The number of anilines is 1. The molecule has 1 fully saturated rings. The molecule has 5 heteroatoms. The first kappa shape index (κ1) is 20.4. The van der Waals surface area contributed by atoms with Crippen LogP contribution in [0, 0.1) is 19.8 Å². The standard InChI is InChI=1S/C21H33N3O2/c1-16-9-8-12-19(17(16)2)22-20(25)14-23(3)15-21(26)24(4)13-18-10-6-5-7-11-18/h8-9,12,18H,5-7,10-11,13-15H2,1-4H3,(H,22,25). The molecule has 0 radical (unpaired) electrons. The van der Waals surface area contributed by atoms with Crippen molar-refractivity contribution >= 4 is 17.5 Å². The molecule has 144 valence electrons. The van der Waals surface area contributed by atoms with Gasteiger partial charge in [-0.2, -0.15) is 0 Å². The lowest BCUT2D eigenvalue weighted by atomic mass is 9.89. The van der Waals surface area contributed by atoms with Gasteiger partial charge in [0.05, 0.1) is 13.1 Å². The molecular formula is C21H33N3O2. The summed E-state index contributed by atoms with van der Waals surface area (Å²) in [6.07, 6.45) is 6.35.